The molecule has 124 valence electrons. The fraction of sp³-hybridized carbons (Fsp3) is 0.412. The molecular formula is C17H23BrN4S. The molecule has 0 saturated carbocycles. The summed E-state index contributed by atoms with van der Waals surface area (Å²) in [7, 11) is 0. The van der Waals surface area contributed by atoms with E-state index in [1.54, 1.807) is 11.3 Å². The third-order valence-corrected chi connectivity index (χ3v) is 4.82. The van der Waals surface area contributed by atoms with Gasteiger partial charge in [-0.3, -0.25) is 0 Å². The van der Waals surface area contributed by atoms with E-state index in [0.717, 1.165) is 35.0 Å². The van der Waals surface area contributed by atoms with Crippen molar-refractivity contribution in [2.24, 2.45) is 4.99 Å². The second-order valence-corrected chi connectivity index (χ2v) is 7.54. The predicted octanol–water partition coefficient (Wildman–Crippen LogP) is 3.82. The van der Waals surface area contributed by atoms with E-state index in [9.17, 15) is 0 Å². The van der Waals surface area contributed by atoms with Crippen LogP contribution in [0.2, 0.25) is 0 Å². The Hall–Kier alpha value is -1.40. The summed E-state index contributed by atoms with van der Waals surface area (Å²) in [6.45, 7) is 8.62. The van der Waals surface area contributed by atoms with Gasteiger partial charge in [-0.05, 0) is 44.0 Å². The van der Waals surface area contributed by atoms with E-state index in [1.165, 1.54) is 16.0 Å². The quantitative estimate of drug-likeness (QED) is 0.578. The molecule has 0 radical (unpaired) electrons. The van der Waals surface area contributed by atoms with Crippen LogP contribution >= 0.6 is 27.3 Å². The molecule has 1 aromatic carbocycles. The summed E-state index contributed by atoms with van der Waals surface area (Å²) >= 11 is 5.24. The van der Waals surface area contributed by atoms with Crippen molar-refractivity contribution >= 4 is 33.2 Å². The Bertz CT molecular complexity index is 666. The number of nitrogens with zero attached hydrogens (tertiary/aromatic N) is 2. The normalized spacial score (nSPS) is 11.6. The number of nitrogens with one attached hydrogen (secondary N) is 2. The van der Waals surface area contributed by atoms with E-state index in [-0.39, 0.29) is 0 Å². The Kier molecular flexibility index (Phi) is 7.05. The number of thiazole rings is 1. The molecule has 2 aromatic rings. The van der Waals surface area contributed by atoms with E-state index < -0.39 is 0 Å². The maximum absolute atomic E-state index is 4.67. The molecule has 2 N–H and O–H groups in total. The summed E-state index contributed by atoms with van der Waals surface area (Å²) in [6, 6.07) is 6.30. The van der Waals surface area contributed by atoms with E-state index in [4.69, 9.17) is 0 Å². The summed E-state index contributed by atoms with van der Waals surface area (Å²) < 4.78 is 1.10. The molecule has 0 spiro atoms. The maximum Gasteiger partial charge on any atom is 0.191 e. The van der Waals surface area contributed by atoms with Crippen LogP contribution in [-0.4, -0.2) is 24.0 Å². The van der Waals surface area contributed by atoms with Crippen molar-refractivity contribution in [3.05, 3.63) is 49.9 Å². The first-order valence-electron chi connectivity index (χ1n) is 7.77. The van der Waals surface area contributed by atoms with Crippen LogP contribution < -0.4 is 10.6 Å². The first kappa shape index (κ1) is 17.9. The van der Waals surface area contributed by atoms with Gasteiger partial charge < -0.3 is 10.6 Å². The second-order valence-electron chi connectivity index (χ2n) is 5.31. The minimum absolute atomic E-state index is 0.671. The molecule has 0 amide bonds. The average molecular weight is 395 g/mol. The lowest BCUT2D eigenvalue weighted by atomic mass is 10.1. The lowest BCUT2D eigenvalue weighted by Crippen LogP contribution is -2.38. The van der Waals surface area contributed by atoms with Crippen molar-refractivity contribution in [1.82, 2.24) is 15.6 Å². The summed E-state index contributed by atoms with van der Waals surface area (Å²) in [5, 5.41) is 7.83. The van der Waals surface area contributed by atoms with Crippen molar-refractivity contribution in [2.45, 2.75) is 33.7 Å². The van der Waals surface area contributed by atoms with Crippen LogP contribution in [0.4, 0.5) is 0 Å². The van der Waals surface area contributed by atoms with Gasteiger partial charge in [-0.1, -0.05) is 22.0 Å². The Labute approximate surface area is 150 Å². The number of aryl methyl sites for hydroxylation is 2. The van der Waals surface area contributed by atoms with Crippen LogP contribution in [0.5, 0.6) is 0 Å². The first-order chi connectivity index (χ1) is 11.1. The molecule has 4 nitrogen and oxygen atoms in total. The zero-order chi connectivity index (χ0) is 16.7. The maximum atomic E-state index is 4.67. The zero-order valence-corrected chi connectivity index (χ0v) is 16.2. The summed E-state index contributed by atoms with van der Waals surface area (Å²) in [6.07, 6.45) is 2.84. The smallest absolute Gasteiger partial charge is 0.191 e. The third kappa shape index (κ3) is 5.95. The van der Waals surface area contributed by atoms with E-state index in [2.05, 4.69) is 75.5 Å². The van der Waals surface area contributed by atoms with Gasteiger partial charge in [0.1, 0.15) is 0 Å². The Morgan fingerprint density at radius 1 is 1.30 bits per heavy atom. The minimum atomic E-state index is 0.671. The summed E-state index contributed by atoms with van der Waals surface area (Å²) in [5.74, 6) is 0.850. The topological polar surface area (TPSA) is 49.3 Å². The molecule has 1 heterocycles. The standard InChI is InChI=1S/C17H23BrN4S/c1-4-19-17(20-8-7-16-21-10-13(3)23-16)22-11-14-5-6-15(18)9-12(14)2/h5-6,9-10H,4,7-8,11H2,1-3H3,(H2,19,20,22). The molecule has 6 heteroatoms. The number of rotatable bonds is 6. The number of guanidine groups is 1. The van der Waals surface area contributed by atoms with Gasteiger partial charge in [-0.2, -0.15) is 0 Å². The predicted molar refractivity (Wildman–Crippen MR) is 102 cm³/mol. The summed E-state index contributed by atoms with van der Waals surface area (Å²) in [5.41, 5.74) is 2.48. The van der Waals surface area contributed by atoms with Gasteiger partial charge in [0, 0.05) is 35.1 Å². The average Bonchev–Trinajstić information content (AvgIpc) is 2.91. The largest absolute Gasteiger partial charge is 0.357 e. The summed E-state index contributed by atoms with van der Waals surface area (Å²) in [4.78, 5) is 10.3. The molecule has 0 bridgehead atoms. The van der Waals surface area contributed by atoms with Crippen LogP contribution in [0, 0.1) is 13.8 Å². The van der Waals surface area contributed by atoms with Crippen LogP contribution in [0.25, 0.3) is 0 Å². The van der Waals surface area contributed by atoms with Crippen LogP contribution in [-0.2, 0) is 13.0 Å². The van der Waals surface area contributed by atoms with Gasteiger partial charge in [0.05, 0.1) is 11.6 Å². The number of hydrogen-bond acceptors (Lipinski definition) is 3. The zero-order valence-electron chi connectivity index (χ0n) is 13.8. The number of aromatic nitrogens is 1. The fourth-order valence-corrected chi connectivity index (χ4v) is 3.41. The molecule has 0 fully saturated rings. The lowest BCUT2D eigenvalue weighted by molar-refractivity contribution is 0.796. The van der Waals surface area contributed by atoms with Gasteiger partial charge in [0.15, 0.2) is 5.96 Å². The van der Waals surface area contributed by atoms with Crippen LogP contribution in [0.15, 0.2) is 33.9 Å². The highest BCUT2D eigenvalue weighted by atomic mass is 79.9. The Morgan fingerprint density at radius 3 is 2.78 bits per heavy atom. The van der Waals surface area contributed by atoms with Crippen molar-refractivity contribution in [2.75, 3.05) is 13.1 Å². The van der Waals surface area contributed by atoms with E-state index >= 15 is 0 Å². The van der Waals surface area contributed by atoms with E-state index in [0.29, 0.717) is 6.54 Å². The first-order valence-corrected chi connectivity index (χ1v) is 9.38. The third-order valence-electron chi connectivity index (χ3n) is 3.36. The molecule has 23 heavy (non-hydrogen) atoms. The van der Waals surface area contributed by atoms with Crippen molar-refractivity contribution in [1.29, 1.82) is 0 Å². The molecular weight excluding hydrogens is 372 g/mol. The van der Waals surface area contributed by atoms with Gasteiger partial charge >= 0.3 is 0 Å². The van der Waals surface area contributed by atoms with Crippen LogP contribution in [0.1, 0.15) is 27.9 Å². The number of benzene rings is 1. The SMILES string of the molecule is CCNC(=NCc1ccc(Br)cc1C)NCCc1ncc(C)s1. The van der Waals surface area contributed by atoms with Gasteiger partial charge in [0.25, 0.3) is 0 Å². The van der Waals surface area contributed by atoms with Crippen molar-refractivity contribution in [3.8, 4) is 0 Å². The number of aliphatic imine (C=N–C) groups is 1. The second kappa shape index (κ2) is 9.03. The molecule has 0 aliphatic heterocycles. The number of hydrogen-bond donors (Lipinski definition) is 2. The molecule has 1 aromatic heterocycles. The van der Waals surface area contributed by atoms with Crippen LogP contribution in [0.3, 0.4) is 0 Å². The monoisotopic (exact) mass is 394 g/mol. The Morgan fingerprint density at radius 2 is 2.13 bits per heavy atom. The Balaban J connectivity index is 1.91. The molecule has 0 aliphatic carbocycles. The van der Waals surface area contributed by atoms with Crippen molar-refractivity contribution < 1.29 is 0 Å². The van der Waals surface area contributed by atoms with E-state index in [1.807, 2.05) is 6.20 Å². The molecule has 0 saturated heterocycles. The van der Waals surface area contributed by atoms with Gasteiger partial charge in [-0.15, -0.1) is 11.3 Å². The molecule has 2 rings (SSSR count). The highest BCUT2D eigenvalue weighted by Crippen LogP contribution is 2.16. The van der Waals surface area contributed by atoms with Gasteiger partial charge in [-0.25, -0.2) is 9.98 Å². The van der Waals surface area contributed by atoms with Gasteiger partial charge in [0.2, 0.25) is 0 Å². The molecule has 0 aliphatic rings. The highest BCUT2D eigenvalue weighted by Gasteiger charge is 2.02. The molecule has 0 atom stereocenters. The fourth-order valence-electron chi connectivity index (χ4n) is 2.15. The minimum Gasteiger partial charge on any atom is -0.357 e. The molecule has 0 unspecified atom stereocenters. The number of halogens is 1. The lowest BCUT2D eigenvalue weighted by Gasteiger charge is -2.11. The highest BCUT2D eigenvalue weighted by molar-refractivity contribution is 9.10. The van der Waals surface area contributed by atoms with Crippen molar-refractivity contribution in [3.63, 3.8) is 0 Å².